The number of sulfonamides is 1. The fourth-order valence-corrected chi connectivity index (χ4v) is 3.44. The molecule has 0 bridgehead atoms. The molecule has 0 aliphatic heterocycles. The summed E-state index contributed by atoms with van der Waals surface area (Å²) in [5.41, 5.74) is 0. The molecule has 0 aromatic heterocycles. The predicted octanol–water partition coefficient (Wildman–Crippen LogP) is 1.78. The van der Waals surface area contributed by atoms with Gasteiger partial charge in [0.15, 0.2) is 0 Å². The lowest BCUT2D eigenvalue weighted by Gasteiger charge is -2.12. The average molecular weight is 344 g/mol. The molecule has 0 saturated heterocycles. The van der Waals surface area contributed by atoms with E-state index in [0.717, 1.165) is 6.07 Å². The molecule has 18 heavy (non-hydrogen) atoms. The summed E-state index contributed by atoms with van der Waals surface area (Å²) in [5, 5.41) is 9.26. The molecule has 8 heteroatoms. The van der Waals surface area contributed by atoms with Crippen molar-refractivity contribution < 1.29 is 22.3 Å². The lowest BCUT2D eigenvalue weighted by atomic mass is 10.3. The molecule has 1 atom stereocenters. The maximum Gasteiger partial charge on any atom is 0.244 e. The summed E-state index contributed by atoms with van der Waals surface area (Å²) in [6, 6.07) is 1.34. The Balaban J connectivity index is 3.06. The van der Waals surface area contributed by atoms with Crippen molar-refractivity contribution >= 4 is 26.0 Å². The number of nitrogens with one attached hydrogen (secondary N) is 1. The van der Waals surface area contributed by atoms with Gasteiger partial charge in [-0.2, -0.15) is 0 Å². The van der Waals surface area contributed by atoms with Crippen LogP contribution in [-0.4, -0.2) is 26.2 Å². The molecule has 0 radical (unpaired) electrons. The van der Waals surface area contributed by atoms with Crippen LogP contribution in [0.15, 0.2) is 21.5 Å². The summed E-state index contributed by atoms with van der Waals surface area (Å²) in [5.74, 6) is -2.08. The zero-order chi connectivity index (χ0) is 13.9. The average Bonchev–Trinajstić information content (AvgIpc) is 2.24. The lowest BCUT2D eigenvalue weighted by Crippen LogP contribution is -2.32. The Morgan fingerprint density at radius 2 is 2.06 bits per heavy atom. The largest absolute Gasteiger partial charge is 0.392 e. The number of rotatable bonds is 5. The quantitative estimate of drug-likeness (QED) is 0.856. The van der Waals surface area contributed by atoms with Gasteiger partial charge in [-0.1, -0.05) is 6.92 Å². The van der Waals surface area contributed by atoms with E-state index >= 15 is 0 Å². The second-order valence-electron chi connectivity index (χ2n) is 3.61. The first-order chi connectivity index (χ1) is 8.27. The molecule has 0 aliphatic carbocycles. The van der Waals surface area contributed by atoms with Gasteiger partial charge in [0.05, 0.1) is 6.10 Å². The number of hydrogen-bond acceptors (Lipinski definition) is 3. The van der Waals surface area contributed by atoms with Crippen LogP contribution in [0.4, 0.5) is 8.78 Å². The first-order valence-corrected chi connectivity index (χ1v) is 7.37. The molecule has 2 N–H and O–H groups in total. The molecule has 1 unspecified atom stereocenters. The monoisotopic (exact) mass is 343 g/mol. The molecule has 0 heterocycles. The summed E-state index contributed by atoms with van der Waals surface area (Å²) in [7, 11) is -4.14. The van der Waals surface area contributed by atoms with E-state index in [0.29, 0.717) is 12.5 Å². The van der Waals surface area contributed by atoms with E-state index in [4.69, 9.17) is 0 Å². The molecule has 102 valence electrons. The lowest BCUT2D eigenvalue weighted by molar-refractivity contribution is 0.174. The van der Waals surface area contributed by atoms with Crippen molar-refractivity contribution in [3.8, 4) is 0 Å². The second kappa shape index (κ2) is 6.05. The molecule has 1 rings (SSSR count). The van der Waals surface area contributed by atoms with Crippen LogP contribution in [0.3, 0.4) is 0 Å². The molecule has 0 saturated carbocycles. The molecule has 0 aliphatic rings. The van der Waals surface area contributed by atoms with E-state index in [2.05, 4.69) is 20.7 Å². The van der Waals surface area contributed by atoms with E-state index < -0.39 is 32.7 Å². The number of hydrogen-bond donors (Lipinski definition) is 2. The fraction of sp³-hybridized carbons (Fsp3) is 0.400. The standard InChI is InChI=1S/C10H12BrF2NO3S/c1-2-7(15)5-14-18(16,17)10-8(11)3-6(12)4-9(10)13/h3-4,7,14-15H,2,5H2,1H3. The second-order valence-corrected chi connectivity index (χ2v) is 6.17. The molecule has 0 amide bonds. The Morgan fingerprint density at radius 3 is 2.56 bits per heavy atom. The number of aliphatic hydroxyl groups excluding tert-OH is 1. The molecular weight excluding hydrogens is 332 g/mol. The third kappa shape index (κ3) is 3.71. The van der Waals surface area contributed by atoms with Crippen LogP contribution in [0.2, 0.25) is 0 Å². The van der Waals surface area contributed by atoms with E-state index in [9.17, 15) is 22.3 Å². The van der Waals surface area contributed by atoms with Crippen molar-refractivity contribution in [3.05, 3.63) is 28.2 Å². The predicted molar refractivity (Wildman–Crippen MR) is 65.5 cm³/mol. The molecule has 1 aromatic carbocycles. The molecule has 0 spiro atoms. The number of aliphatic hydroxyl groups is 1. The minimum absolute atomic E-state index is 0.210. The van der Waals surface area contributed by atoms with E-state index in [1.807, 2.05) is 0 Å². The van der Waals surface area contributed by atoms with Crippen LogP contribution in [0.5, 0.6) is 0 Å². The van der Waals surface area contributed by atoms with Gasteiger partial charge in [0, 0.05) is 17.1 Å². The van der Waals surface area contributed by atoms with Crippen molar-refractivity contribution in [2.24, 2.45) is 0 Å². The molecule has 1 aromatic rings. The van der Waals surface area contributed by atoms with E-state index in [-0.39, 0.29) is 11.0 Å². The van der Waals surface area contributed by atoms with Crippen molar-refractivity contribution in [2.75, 3.05) is 6.54 Å². The minimum Gasteiger partial charge on any atom is -0.392 e. The summed E-state index contributed by atoms with van der Waals surface area (Å²) < 4.78 is 51.7. The fourth-order valence-electron chi connectivity index (χ4n) is 1.21. The zero-order valence-electron chi connectivity index (χ0n) is 9.45. The SMILES string of the molecule is CCC(O)CNS(=O)(=O)c1c(F)cc(F)cc1Br. The van der Waals surface area contributed by atoms with Gasteiger partial charge in [-0.25, -0.2) is 21.9 Å². The Hall–Kier alpha value is -0.570. The Labute approximate surface area is 112 Å². The van der Waals surface area contributed by atoms with Gasteiger partial charge < -0.3 is 5.11 Å². The van der Waals surface area contributed by atoms with Crippen molar-refractivity contribution in [1.29, 1.82) is 0 Å². The van der Waals surface area contributed by atoms with Crippen LogP contribution in [0.1, 0.15) is 13.3 Å². The first-order valence-electron chi connectivity index (χ1n) is 5.10. The van der Waals surface area contributed by atoms with Gasteiger partial charge in [-0.05, 0) is 28.4 Å². The third-order valence-electron chi connectivity index (χ3n) is 2.21. The van der Waals surface area contributed by atoms with Crippen LogP contribution in [0.25, 0.3) is 0 Å². The Morgan fingerprint density at radius 1 is 1.44 bits per heavy atom. The highest BCUT2D eigenvalue weighted by Gasteiger charge is 2.23. The number of halogens is 3. The van der Waals surface area contributed by atoms with Gasteiger partial charge in [0.1, 0.15) is 16.5 Å². The smallest absolute Gasteiger partial charge is 0.244 e. The normalized spacial score (nSPS) is 13.6. The van der Waals surface area contributed by atoms with Crippen molar-refractivity contribution in [2.45, 2.75) is 24.3 Å². The number of benzene rings is 1. The van der Waals surface area contributed by atoms with Crippen molar-refractivity contribution in [3.63, 3.8) is 0 Å². The van der Waals surface area contributed by atoms with E-state index in [1.165, 1.54) is 0 Å². The molecule has 0 fully saturated rings. The highest BCUT2D eigenvalue weighted by molar-refractivity contribution is 9.10. The summed E-state index contributed by atoms with van der Waals surface area (Å²) in [4.78, 5) is -0.674. The van der Waals surface area contributed by atoms with Crippen LogP contribution in [0, 0.1) is 11.6 Å². The highest BCUT2D eigenvalue weighted by atomic mass is 79.9. The third-order valence-corrected chi connectivity index (χ3v) is 4.60. The topological polar surface area (TPSA) is 66.4 Å². The van der Waals surface area contributed by atoms with Crippen LogP contribution in [-0.2, 0) is 10.0 Å². The van der Waals surface area contributed by atoms with Gasteiger partial charge >= 0.3 is 0 Å². The van der Waals surface area contributed by atoms with Gasteiger partial charge in [0.2, 0.25) is 10.0 Å². The summed E-state index contributed by atoms with van der Waals surface area (Å²) in [6.07, 6.45) is -0.502. The highest BCUT2D eigenvalue weighted by Crippen LogP contribution is 2.25. The van der Waals surface area contributed by atoms with Gasteiger partial charge in [0.25, 0.3) is 0 Å². The maximum atomic E-state index is 13.5. The summed E-state index contributed by atoms with van der Waals surface area (Å²) in [6.45, 7) is 1.44. The maximum absolute atomic E-state index is 13.5. The van der Waals surface area contributed by atoms with Crippen LogP contribution >= 0.6 is 15.9 Å². The molecular formula is C10H12BrF2NO3S. The Kier molecular flexibility index (Phi) is 5.20. The summed E-state index contributed by atoms with van der Waals surface area (Å²) >= 11 is 2.80. The van der Waals surface area contributed by atoms with E-state index in [1.54, 1.807) is 6.92 Å². The van der Waals surface area contributed by atoms with Crippen molar-refractivity contribution in [1.82, 2.24) is 4.72 Å². The van der Waals surface area contributed by atoms with Gasteiger partial charge in [-0.3, -0.25) is 0 Å². The van der Waals surface area contributed by atoms with Crippen LogP contribution < -0.4 is 4.72 Å². The first kappa shape index (κ1) is 15.5. The minimum atomic E-state index is -4.14. The molecule has 4 nitrogen and oxygen atoms in total. The van der Waals surface area contributed by atoms with Gasteiger partial charge in [-0.15, -0.1) is 0 Å². The Bertz CT molecular complexity index is 513. The zero-order valence-corrected chi connectivity index (χ0v) is 11.9.